The number of hydrogen-bond acceptors (Lipinski definition) is 2. The fourth-order valence-corrected chi connectivity index (χ4v) is 1.88. The third-order valence-electron chi connectivity index (χ3n) is 3.42. The summed E-state index contributed by atoms with van der Waals surface area (Å²) in [5.74, 6) is 0.319. The molecule has 108 valence electrons. The Morgan fingerprint density at radius 3 is 2.70 bits per heavy atom. The molecule has 0 radical (unpaired) electrons. The highest BCUT2D eigenvalue weighted by Crippen LogP contribution is 2.15. The summed E-state index contributed by atoms with van der Waals surface area (Å²) >= 11 is 0. The van der Waals surface area contributed by atoms with Gasteiger partial charge in [0.05, 0.1) is 6.42 Å². The Morgan fingerprint density at radius 1 is 1.35 bits per heavy atom. The van der Waals surface area contributed by atoms with E-state index in [2.05, 4.69) is 20.4 Å². The zero-order valence-corrected chi connectivity index (χ0v) is 12.5. The van der Waals surface area contributed by atoms with Crippen molar-refractivity contribution in [2.24, 2.45) is 5.92 Å². The topological polar surface area (TPSA) is 26.3 Å². The van der Waals surface area contributed by atoms with Gasteiger partial charge in [-0.05, 0) is 37.3 Å². The van der Waals surface area contributed by atoms with Gasteiger partial charge in [0.2, 0.25) is 0 Å². The Balaban J connectivity index is 2.32. The lowest BCUT2D eigenvalue weighted by Crippen LogP contribution is -2.08. The van der Waals surface area contributed by atoms with E-state index in [1.165, 1.54) is 5.57 Å². The number of hydrogen-bond donors (Lipinski definition) is 0. The van der Waals surface area contributed by atoms with E-state index >= 15 is 0 Å². The number of esters is 1. The lowest BCUT2D eigenvalue weighted by atomic mass is 9.97. The zero-order valence-electron chi connectivity index (χ0n) is 12.5. The van der Waals surface area contributed by atoms with Gasteiger partial charge in [-0.3, -0.25) is 4.79 Å². The first-order valence-electron chi connectivity index (χ1n) is 7.10. The summed E-state index contributed by atoms with van der Waals surface area (Å²) < 4.78 is 5.24. The van der Waals surface area contributed by atoms with Crippen molar-refractivity contribution in [2.75, 3.05) is 6.61 Å². The first-order chi connectivity index (χ1) is 9.63. The molecule has 0 saturated carbocycles. The molecule has 0 aliphatic rings. The predicted octanol–water partition coefficient (Wildman–Crippen LogP) is 4.32. The predicted molar refractivity (Wildman–Crippen MR) is 83.5 cm³/mol. The Kier molecular flexibility index (Phi) is 7.41. The van der Waals surface area contributed by atoms with Crippen molar-refractivity contribution in [3.63, 3.8) is 0 Å². The van der Waals surface area contributed by atoms with Gasteiger partial charge in [-0.1, -0.05) is 48.9 Å². The second kappa shape index (κ2) is 9.13. The van der Waals surface area contributed by atoms with Gasteiger partial charge >= 0.3 is 5.97 Å². The summed E-state index contributed by atoms with van der Waals surface area (Å²) in [6.07, 6.45) is 6.37. The molecule has 1 unspecified atom stereocenters. The Bertz CT molecular complexity index is 446. The van der Waals surface area contributed by atoms with Gasteiger partial charge in [0, 0.05) is 0 Å². The van der Waals surface area contributed by atoms with Gasteiger partial charge in [0.15, 0.2) is 0 Å². The van der Waals surface area contributed by atoms with Gasteiger partial charge in [0.1, 0.15) is 6.61 Å². The van der Waals surface area contributed by atoms with Crippen LogP contribution in [-0.2, 0) is 16.0 Å². The van der Waals surface area contributed by atoms with Crippen LogP contribution >= 0.6 is 0 Å². The van der Waals surface area contributed by atoms with Crippen molar-refractivity contribution >= 4 is 5.97 Å². The molecule has 0 bridgehead atoms. The molecule has 2 nitrogen and oxygen atoms in total. The highest BCUT2D eigenvalue weighted by molar-refractivity contribution is 5.72. The molecular formula is C18H24O2. The molecule has 0 aliphatic heterocycles. The monoisotopic (exact) mass is 272 g/mol. The van der Waals surface area contributed by atoms with Crippen LogP contribution in [-0.4, -0.2) is 12.6 Å². The molecule has 1 atom stereocenters. The van der Waals surface area contributed by atoms with Gasteiger partial charge < -0.3 is 4.74 Å². The zero-order chi connectivity index (χ0) is 14.8. The number of rotatable bonds is 8. The molecule has 0 amide bonds. The maximum absolute atomic E-state index is 11.7. The van der Waals surface area contributed by atoms with E-state index in [-0.39, 0.29) is 5.97 Å². The number of ether oxygens (including phenoxy) is 1. The maximum atomic E-state index is 11.7. The van der Waals surface area contributed by atoms with Crippen LogP contribution in [0.1, 0.15) is 32.3 Å². The van der Waals surface area contributed by atoms with Crippen LogP contribution in [0.3, 0.4) is 0 Å². The van der Waals surface area contributed by atoms with E-state index in [1.54, 1.807) is 0 Å². The molecule has 0 fully saturated rings. The van der Waals surface area contributed by atoms with E-state index < -0.39 is 0 Å². The maximum Gasteiger partial charge on any atom is 0.310 e. The minimum atomic E-state index is -0.181. The van der Waals surface area contributed by atoms with Crippen LogP contribution in [0.5, 0.6) is 0 Å². The van der Waals surface area contributed by atoms with Crippen molar-refractivity contribution in [1.82, 2.24) is 0 Å². The standard InChI is InChI=1S/C18H24O2/c1-4-5-9-15(2)16(3)12-13-20-18(19)14-17-10-7-6-8-11-17/h4,6-8,10-12,15H,1,5,9,13-14H2,2-3H3/b16-12+. The average molecular weight is 272 g/mol. The van der Waals surface area contributed by atoms with Gasteiger partial charge in [-0.25, -0.2) is 0 Å². The highest BCUT2D eigenvalue weighted by atomic mass is 16.5. The summed E-state index contributed by atoms with van der Waals surface area (Å²) in [6, 6.07) is 9.65. The molecular weight excluding hydrogens is 248 g/mol. The summed E-state index contributed by atoms with van der Waals surface area (Å²) in [6.45, 7) is 8.35. The van der Waals surface area contributed by atoms with Crippen molar-refractivity contribution in [3.8, 4) is 0 Å². The molecule has 0 heterocycles. The van der Waals surface area contributed by atoms with Crippen molar-refractivity contribution in [3.05, 3.63) is 60.2 Å². The van der Waals surface area contributed by atoms with E-state index in [9.17, 15) is 4.79 Å². The Morgan fingerprint density at radius 2 is 2.05 bits per heavy atom. The van der Waals surface area contributed by atoms with E-state index in [4.69, 9.17) is 4.74 Å². The van der Waals surface area contributed by atoms with Gasteiger partial charge in [-0.15, -0.1) is 6.58 Å². The van der Waals surface area contributed by atoms with Crippen LogP contribution in [0.25, 0.3) is 0 Å². The quantitative estimate of drug-likeness (QED) is 0.520. The van der Waals surface area contributed by atoms with Crippen LogP contribution in [0.2, 0.25) is 0 Å². The lowest BCUT2D eigenvalue weighted by molar-refractivity contribution is -0.141. The molecule has 0 saturated heterocycles. The number of benzene rings is 1. The summed E-state index contributed by atoms with van der Waals surface area (Å²) in [7, 11) is 0. The summed E-state index contributed by atoms with van der Waals surface area (Å²) in [5, 5.41) is 0. The van der Waals surface area contributed by atoms with Crippen LogP contribution in [0.4, 0.5) is 0 Å². The lowest BCUT2D eigenvalue weighted by Gasteiger charge is -2.11. The minimum Gasteiger partial charge on any atom is -0.461 e. The fourth-order valence-electron chi connectivity index (χ4n) is 1.88. The molecule has 0 spiro atoms. The molecule has 0 aromatic heterocycles. The summed E-state index contributed by atoms with van der Waals surface area (Å²) in [4.78, 5) is 11.7. The van der Waals surface area contributed by atoms with Gasteiger partial charge in [-0.2, -0.15) is 0 Å². The molecule has 0 aliphatic carbocycles. The second-order valence-corrected chi connectivity index (χ2v) is 5.06. The minimum absolute atomic E-state index is 0.181. The van der Waals surface area contributed by atoms with Crippen molar-refractivity contribution in [1.29, 1.82) is 0 Å². The number of carbonyl (C=O) groups excluding carboxylic acids is 1. The molecule has 1 rings (SSSR count). The summed E-state index contributed by atoms with van der Waals surface area (Å²) in [5.41, 5.74) is 2.25. The molecule has 1 aromatic rings. The first kappa shape index (κ1) is 16.2. The third-order valence-corrected chi connectivity index (χ3v) is 3.42. The van der Waals surface area contributed by atoms with Crippen molar-refractivity contribution in [2.45, 2.75) is 33.1 Å². The molecule has 20 heavy (non-hydrogen) atoms. The molecule has 1 aromatic carbocycles. The average Bonchev–Trinajstić information content (AvgIpc) is 2.45. The van der Waals surface area contributed by atoms with E-state index in [0.717, 1.165) is 18.4 Å². The normalized spacial score (nSPS) is 12.8. The first-order valence-corrected chi connectivity index (χ1v) is 7.10. The van der Waals surface area contributed by atoms with Crippen molar-refractivity contribution < 1.29 is 9.53 Å². The van der Waals surface area contributed by atoms with Crippen LogP contribution in [0, 0.1) is 5.92 Å². The van der Waals surface area contributed by atoms with E-state index in [0.29, 0.717) is 18.9 Å². The molecule has 0 N–H and O–H groups in total. The third kappa shape index (κ3) is 6.37. The highest BCUT2D eigenvalue weighted by Gasteiger charge is 2.05. The van der Waals surface area contributed by atoms with E-state index in [1.807, 2.05) is 42.5 Å². The van der Waals surface area contributed by atoms with Crippen LogP contribution in [0.15, 0.2) is 54.6 Å². The SMILES string of the molecule is C=CCCC(C)/C(C)=C/COC(=O)Cc1ccccc1. The van der Waals surface area contributed by atoms with Crippen LogP contribution < -0.4 is 0 Å². The Hall–Kier alpha value is -1.83. The number of carbonyl (C=O) groups is 1. The largest absolute Gasteiger partial charge is 0.461 e. The number of allylic oxidation sites excluding steroid dienone is 2. The smallest absolute Gasteiger partial charge is 0.310 e. The molecule has 2 heteroatoms. The second-order valence-electron chi connectivity index (χ2n) is 5.06. The van der Waals surface area contributed by atoms with Gasteiger partial charge in [0.25, 0.3) is 0 Å². The Labute approximate surface area is 122 Å². The fraction of sp³-hybridized carbons (Fsp3) is 0.389.